The molecule has 0 bridgehead atoms. The minimum atomic E-state index is -1.07. The van der Waals surface area contributed by atoms with Crippen LogP contribution in [-0.2, 0) is 29.2 Å². The van der Waals surface area contributed by atoms with Crippen LogP contribution in [0.3, 0.4) is 0 Å². The summed E-state index contributed by atoms with van der Waals surface area (Å²) in [6.45, 7) is 0.759. The number of carbonyl (C=O) groups excluding carboxylic acids is 2. The van der Waals surface area contributed by atoms with Crippen molar-refractivity contribution < 1.29 is 24.6 Å². The average Bonchev–Trinajstić information content (AvgIpc) is 3.09. The molecule has 2 heterocycles. The number of fused-ring (bicyclic) bond motifs is 2. The van der Waals surface area contributed by atoms with Gasteiger partial charge in [-0.15, -0.1) is 0 Å². The number of carboxylic acid groups (broad SMARTS) is 1. The minimum Gasteiger partial charge on any atom is -0.481 e. The van der Waals surface area contributed by atoms with Gasteiger partial charge in [0, 0.05) is 31.4 Å². The number of imidazole rings is 1. The summed E-state index contributed by atoms with van der Waals surface area (Å²) in [7, 11) is 1.60. The van der Waals surface area contributed by atoms with Crippen molar-refractivity contribution in [1.82, 2.24) is 19.8 Å². The lowest BCUT2D eigenvalue weighted by Gasteiger charge is -2.19. The van der Waals surface area contributed by atoms with Gasteiger partial charge in [0.2, 0.25) is 5.91 Å². The molecule has 0 unspecified atom stereocenters. The van der Waals surface area contributed by atoms with Gasteiger partial charge in [-0.2, -0.15) is 0 Å². The number of nitrogens with zero attached hydrogens (tertiary/aromatic N) is 3. The van der Waals surface area contributed by atoms with E-state index in [9.17, 15) is 19.5 Å². The second-order valence-electron chi connectivity index (χ2n) is 7.94. The fourth-order valence-corrected chi connectivity index (χ4v) is 4.04. The zero-order valence-corrected chi connectivity index (χ0v) is 18.1. The molecule has 172 valence electrons. The monoisotopic (exact) mass is 451 g/mol. The van der Waals surface area contributed by atoms with Gasteiger partial charge in [-0.3, -0.25) is 14.4 Å². The summed E-state index contributed by atoms with van der Waals surface area (Å²) in [5.74, 6) is -1.05. The van der Waals surface area contributed by atoms with Crippen LogP contribution in [0.1, 0.15) is 28.2 Å². The fourth-order valence-electron chi connectivity index (χ4n) is 4.04. The maximum absolute atomic E-state index is 12.9. The van der Waals surface area contributed by atoms with E-state index in [-0.39, 0.29) is 37.9 Å². The molecule has 0 fully saturated rings. The topological polar surface area (TPSA) is 137 Å². The van der Waals surface area contributed by atoms with Crippen LogP contribution < -0.4 is 10.6 Å². The highest BCUT2D eigenvalue weighted by Crippen LogP contribution is 2.25. The van der Waals surface area contributed by atoms with Crippen molar-refractivity contribution in [3.8, 4) is 0 Å². The summed E-state index contributed by atoms with van der Waals surface area (Å²) in [4.78, 5) is 42.5. The van der Waals surface area contributed by atoms with Gasteiger partial charge in [-0.25, -0.2) is 4.98 Å². The number of carbonyl (C=O) groups is 3. The van der Waals surface area contributed by atoms with Gasteiger partial charge in [-0.05, 0) is 35.9 Å². The molecular weight excluding hydrogens is 426 g/mol. The van der Waals surface area contributed by atoms with Crippen molar-refractivity contribution >= 4 is 34.5 Å². The molecule has 0 radical (unpaired) electrons. The second-order valence-corrected chi connectivity index (χ2v) is 7.94. The fraction of sp³-hybridized carbons (Fsp3) is 0.304. The Bertz CT molecular complexity index is 1220. The van der Waals surface area contributed by atoms with E-state index in [1.165, 1.54) is 4.90 Å². The quantitative estimate of drug-likeness (QED) is 0.423. The van der Waals surface area contributed by atoms with Gasteiger partial charge >= 0.3 is 5.97 Å². The molecule has 3 aromatic rings. The lowest BCUT2D eigenvalue weighted by Crippen LogP contribution is -2.39. The standard InChI is InChI=1S/C23H25N5O5/c1-27-13-15-10-14(6-7-16(15)25-18(23(27)33)11-21(30)31)22(32)24-12-20-26-17-4-2-3-5-19(17)28(20)8-9-29/h2-7,10,18,25,29H,8-9,11-13H2,1H3,(H,24,32)(H,30,31)/t18-/m0/s1. The average molecular weight is 451 g/mol. The molecule has 4 rings (SSSR count). The molecule has 0 spiro atoms. The van der Waals surface area contributed by atoms with Crippen LogP contribution in [0.4, 0.5) is 5.69 Å². The number of aromatic nitrogens is 2. The first-order valence-corrected chi connectivity index (χ1v) is 10.6. The van der Waals surface area contributed by atoms with E-state index in [0.717, 1.165) is 16.6 Å². The Kier molecular flexibility index (Phi) is 6.27. The highest BCUT2D eigenvalue weighted by molar-refractivity contribution is 5.95. The zero-order valence-electron chi connectivity index (χ0n) is 18.1. The predicted molar refractivity (Wildman–Crippen MR) is 121 cm³/mol. The summed E-state index contributed by atoms with van der Waals surface area (Å²) in [6, 6.07) is 11.7. The van der Waals surface area contributed by atoms with E-state index in [1.54, 1.807) is 25.2 Å². The first kappa shape index (κ1) is 22.3. The molecule has 1 aliphatic rings. The number of amides is 2. The molecule has 0 saturated carbocycles. The number of aliphatic hydroxyl groups excluding tert-OH is 1. The van der Waals surface area contributed by atoms with Crippen LogP contribution in [0.15, 0.2) is 42.5 Å². The molecule has 10 nitrogen and oxygen atoms in total. The number of aliphatic hydroxyl groups is 1. The number of aliphatic carboxylic acids is 1. The van der Waals surface area contributed by atoms with Crippen molar-refractivity contribution in [3.63, 3.8) is 0 Å². The van der Waals surface area contributed by atoms with Crippen LogP contribution >= 0.6 is 0 Å². The van der Waals surface area contributed by atoms with Crippen LogP contribution in [0, 0.1) is 0 Å². The third kappa shape index (κ3) is 4.65. The van der Waals surface area contributed by atoms with Crippen molar-refractivity contribution in [3.05, 3.63) is 59.4 Å². The van der Waals surface area contributed by atoms with Gasteiger partial charge < -0.3 is 30.3 Å². The maximum atomic E-state index is 12.9. The Balaban J connectivity index is 1.52. The van der Waals surface area contributed by atoms with Crippen molar-refractivity contribution in [1.29, 1.82) is 0 Å². The molecule has 1 aliphatic heterocycles. The molecule has 0 aliphatic carbocycles. The number of anilines is 1. The Hall–Kier alpha value is -3.92. The minimum absolute atomic E-state index is 0.0474. The Morgan fingerprint density at radius 2 is 2.03 bits per heavy atom. The van der Waals surface area contributed by atoms with Gasteiger partial charge in [0.15, 0.2) is 0 Å². The smallest absolute Gasteiger partial charge is 0.305 e. The molecule has 4 N–H and O–H groups in total. The van der Waals surface area contributed by atoms with Gasteiger partial charge in [0.1, 0.15) is 11.9 Å². The van der Waals surface area contributed by atoms with Crippen LogP contribution in [0.25, 0.3) is 11.0 Å². The van der Waals surface area contributed by atoms with E-state index in [2.05, 4.69) is 15.6 Å². The van der Waals surface area contributed by atoms with Crippen molar-refractivity contribution in [2.45, 2.75) is 32.1 Å². The van der Waals surface area contributed by atoms with E-state index in [0.29, 0.717) is 23.6 Å². The molecule has 2 amide bonds. The van der Waals surface area contributed by atoms with Gasteiger partial charge in [0.25, 0.3) is 5.91 Å². The second kappa shape index (κ2) is 9.29. The molecule has 1 aromatic heterocycles. The number of carboxylic acids is 1. The molecule has 33 heavy (non-hydrogen) atoms. The Labute approximate surface area is 189 Å². The maximum Gasteiger partial charge on any atom is 0.305 e. The number of likely N-dealkylation sites (N-methyl/N-ethyl adjacent to an activating group) is 1. The van der Waals surface area contributed by atoms with Crippen LogP contribution in [0.2, 0.25) is 0 Å². The third-order valence-electron chi connectivity index (χ3n) is 5.62. The predicted octanol–water partition coefficient (Wildman–Crippen LogP) is 1.19. The molecule has 0 saturated heterocycles. The number of hydrogen-bond donors (Lipinski definition) is 4. The summed E-state index contributed by atoms with van der Waals surface area (Å²) in [5, 5.41) is 24.4. The highest BCUT2D eigenvalue weighted by Gasteiger charge is 2.29. The van der Waals surface area contributed by atoms with Crippen molar-refractivity contribution in [2.24, 2.45) is 0 Å². The summed E-state index contributed by atoms with van der Waals surface area (Å²) >= 11 is 0. The SMILES string of the molecule is CN1Cc2cc(C(=O)NCc3nc4ccccc4n3CCO)ccc2N[C@@H](CC(=O)O)C1=O. The Morgan fingerprint density at radius 1 is 1.24 bits per heavy atom. The highest BCUT2D eigenvalue weighted by atomic mass is 16.4. The van der Waals surface area contributed by atoms with Crippen LogP contribution in [0.5, 0.6) is 0 Å². The Morgan fingerprint density at radius 3 is 2.79 bits per heavy atom. The third-order valence-corrected chi connectivity index (χ3v) is 5.62. The lowest BCUT2D eigenvalue weighted by atomic mass is 10.1. The van der Waals surface area contributed by atoms with E-state index >= 15 is 0 Å². The van der Waals surface area contributed by atoms with Gasteiger partial charge in [0.05, 0.1) is 30.6 Å². The first-order chi connectivity index (χ1) is 15.9. The molecular formula is C23H25N5O5. The number of rotatable bonds is 7. The number of hydrogen-bond acceptors (Lipinski definition) is 6. The summed E-state index contributed by atoms with van der Waals surface area (Å²) < 4.78 is 1.87. The number of nitrogens with one attached hydrogen (secondary N) is 2. The largest absolute Gasteiger partial charge is 0.481 e. The summed E-state index contributed by atoms with van der Waals surface area (Å²) in [6.07, 6.45) is -0.334. The van der Waals surface area contributed by atoms with Gasteiger partial charge in [-0.1, -0.05) is 12.1 Å². The number of para-hydroxylation sites is 2. The molecule has 2 aromatic carbocycles. The van der Waals surface area contributed by atoms with E-state index in [1.807, 2.05) is 28.8 Å². The lowest BCUT2D eigenvalue weighted by molar-refractivity contribution is -0.141. The molecule has 10 heteroatoms. The van der Waals surface area contributed by atoms with Crippen molar-refractivity contribution in [2.75, 3.05) is 19.0 Å². The zero-order chi connectivity index (χ0) is 23.5. The molecule has 1 atom stereocenters. The van der Waals surface area contributed by atoms with E-state index < -0.39 is 12.0 Å². The van der Waals surface area contributed by atoms with Crippen LogP contribution in [-0.4, -0.2) is 62.1 Å². The normalized spacial score (nSPS) is 15.6. The first-order valence-electron chi connectivity index (χ1n) is 10.6. The van der Waals surface area contributed by atoms with E-state index in [4.69, 9.17) is 5.11 Å². The summed E-state index contributed by atoms with van der Waals surface area (Å²) in [5.41, 5.74) is 3.43. The number of benzene rings is 2.